The van der Waals surface area contributed by atoms with Crippen molar-refractivity contribution in [1.82, 2.24) is 0 Å². The summed E-state index contributed by atoms with van der Waals surface area (Å²) < 4.78 is 0. The van der Waals surface area contributed by atoms with Crippen LogP contribution in [0.3, 0.4) is 0 Å². The van der Waals surface area contributed by atoms with Crippen molar-refractivity contribution in [3.63, 3.8) is 0 Å². The molecule has 11 heavy (non-hydrogen) atoms. The van der Waals surface area contributed by atoms with Gasteiger partial charge in [0.2, 0.25) is 0 Å². The zero-order valence-electron chi connectivity index (χ0n) is 7.28. The molecule has 0 aromatic heterocycles. The van der Waals surface area contributed by atoms with Crippen LogP contribution in [0.2, 0.25) is 0 Å². The Balaban J connectivity index is 2.02. The Morgan fingerprint density at radius 2 is 2.27 bits per heavy atom. The Morgan fingerprint density at radius 3 is 2.82 bits per heavy atom. The first-order valence-corrected chi connectivity index (χ1v) is 5.08. The van der Waals surface area contributed by atoms with Crippen molar-refractivity contribution in [3.8, 4) is 0 Å². The van der Waals surface area contributed by atoms with E-state index in [1.54, 1.807) is 0 Å². The van der Waals surface area contributed by atoms with Crippen molar-refractivity contribution >= 4 is 11.6 Å². The van der Waals surface area contributed by atoms with Gasteiger partial charge in [0.15, 0.2) is 0 Å². The molecule has 0 saturated heterocycles. The minimum absolute atomic E-state index is 0.765. The molecule has 64 valence electrons. The van der Waals surface area contributed by atoms with Gasteiger partial charge in [0.1, 0.15) is 0 Å². The van der Waals surface area contributed by atoms with Crippen LogP contribution in [0.25, 0.3) is 0 Å². The number of allylic oxidation sites excluding steroid dienone is 2. The largest absolute Gasteiger partial charge is 0.126 e. The van der Waals surface area contributed by atoms with Gasteiger partial charge in [-0.25, -0.2) is 0 Å². The Labute approximate surface area is 74.6 Å². The Morgan fingerprint density at radius 1 is 1.55 bits per heavy atom. The topological polar surface area (TPSA) is 0 Å². The van der Waals surface area contributed by atoms with E-state index in [1.807, 2.05) is 0 Å². The molecule has 1 fully saturated rings. The van der Waals surface area contributed by atoms with Crippen molar-refractivity contribution in [2.45, 2.75) is 39.0 Å². The zero-order chi connectivity index (χ0) is 8.10. The lowest BCUT2D eigenvalue weighted by atomic mass is 10.1. The molecule has 0 heterocycles. The van der Waals surface area contributed by atoms with Crippen LogP contribution in [0.1, 0.15) is 39.0 Å². The van der Waals surface area contributed by atoms with E-state index in [-0.39, 0.29) is 0 Å². The summed E-state index contributed by atoms with van der Waals surface area (Å²) in [6.07, 6.45) is 8.96. The van der Waals surface area contributed by atoms with E-state index >= 15 is 0 Å². The maximum Gasteiger partial charge on any atom is 0.0258 e. The van der Waals surface area contributed by atoms with Crippen molar-refractivity contribution in [1.29, 1.82) is 0 Å². The van der Waals surface area contributed by atoms with Gasteiger partial charge in [0.05, 0.1) is 0 Å². The highest BCUT2D eigenvalue weighted by molar-refractivity contribution is 6.17. The standard InChI is InChI=1S/C10H17Cl/c1-9(3-2-8-11)4-5-10-6-7-10/h3,10H,2,4-8H2,1H3. The van der Waals surface area contributed by atoms with Crippen molar-refractivity contribution in [2.75, 3.05) is 5.88 Å². The number of hydrogen-bond donors (Lipinski definition) is 0. The molecule has 0 atom stereocenters. The molecule has 0 N–H and O–H groups in total. The highest BCUT2D eigenvalue weighted by Crippen LogP contribution is 2.34. The van der Waals surface area contributed by atoms with Crippen LogP contribution in [0.15, 0.2) is 11.6 Å². The fraction of sp³-hybridized carbons (Fsp3) is 0.800. The van der Waals surface area contributed by atoms with Gasteiger partial charge < -0.3 is 0 Å². The monoisotopic (exact) mass is 172 g/mol. The first kappa shape index (κ1) is 9.12. The minimum atomic E-state index is 0.765. The lowest BCUT2D eigenvalue weighted by Gasteiger charge is -1.98. The predicted molar refractivity (Wildman–Crippen MR) is 51.1 cm³/mol. The highest BCUT2D eigenvalue weighted by Gasteiger charge is 2.20. The smallest absolute Gasteiger partial charge is 0.0258 e. The number of alkyl halides is 1. The minimum Gasteiger partial charge on any atom is -0.126 e. The third-order valence-electron chi connectivity index (χ3n) is 2.25. The molecule has 1 saturated carbocycles. The Kier molecular flexibility index (Phi) is 3.99. The molecule has 1 aliphatic carbocycles. The van der Waals surface area contributed by atoms with Crippen LogP contribution < -0.4 is 0 Å². The van der Waals surface area contributed by atoms with Crippen molar-refractivity contribution in [2.24, 2.45) is 5.92 Å². The van der Waals surface area contributed by atoms with Crippen molar-refractivity contribution in [3.05, 3.63) is 11.6 Å². The molecule has 0 unspecified atom stereocenters. The summed E-state index contributed by atoms with van der Waals surface area (Å²) >= 11 is 5.58. The van der Waals surface area contributed by atoms with Crippen LogP contribution in [-0.4, -0.2) is 5.88 Å². The van der Waals surface area contributed by atoms with Gasteiger partial charge in [0, 0.05) is 5.88 Å². The lowest BCUT2D eigenvalue weighted by Crippen LogP contribution is -1.81. The van der Waals surface area contributed by atoms with Gasteiger partial charge in [-0.3, -0.25) is 0 Å². The quantitative estimate of drug-likeness (QED) is 0.438. The molecule has 1 heteroatoms. The molecular formula is C10H17Cl. The predicted octanol–water partition coefficient (Wildman–Crippen LogP) is 3.75. The van der Waals surface area contributed by atoms with E-state index < -0.39 is 0 Å². The van der Waals surface area contributed by atoms with Crippen LogP contribution >= 0.6 is 11.6 Å². The van der Waals surface area contributed by atoms with E-state index in [4.69, 9.17) is 11.6 Å². The van der Waals surface area contributed by atoms with E-state index in [0.717, 1.165) is 18.2 Å². The van der Waals surface area contributed by atoms with Gasteiger partial charge in [-0.2, -0.15) is 0 Å². The normalized spacial score (nSPS) is 18.9. The molecule has 0 radical (unpaired) electrons. The maximum atomic E-state index is 5.58. The summed E-state index contributed by atoms with van der Waals surface area (Å²) in [5, 5.41) is 0. The molecule has 1 rings (SSSR count). The molecule has 0 nitrogen and oxygen atoms in total. The molecule has 0 aliphatic heterocycles. The summed E-state index contributed by atoms with van der Waals surface area (Å²) in [4.78, 5) is 0. The molecular weight excluding hydrogens is 156 g/mol. The molecule has 1 aliphatic rings. The summed E-state index contributed by atoms with van der Waals surface area (Å²) in [5.74, 6) is 1.83. The number of halogens is 1. The van der Waals surface area contributed by atoms with Gasteiger partial charge >= 0.3 is 0 Å². The van der Waals surface area contributed by atoms with Crippen molar-refractivity contribution < 1.29 is 0 Å². The van der Waals surface area contributed by atoms with Crippen LogP contribution in [0.5, 0.6) is 0 Å². The average molecular weight is 173 g/mol. The van der Waals surface area contributed by atoms with Crippen LogP contribution in [0.4, 0.5) is 0 Å². The fourth-order valence-electron chi connectivity index (χ4n) is 1.24. The SMILES string of the molecule is CC(=CCCCl)CCC1CC1. The van der Waals surface area contributed by atoms with Gasteiger partial charge in [-0.1, -0.05) is 24.5 Å². The zero-order valence-corrected chi connectivity index (χ0v) is 8.03. The molecule has 0 aromatic rings. The highest BCUT2D eigenvalue weighted by atomic mass is 35.5. The molecule has 0 amide bonds. The van der Waals surface area contributed by atoms with Gasteiger partial charge in [-0.15, -0.1) is 11.6 Å². The Hall–Kier alpha value is 0.0300. The molecule has 0 bridgehead atoms. The second kappa shape index (κ2) is 4.82. The molecule has 0 aromatic carbocycles. The second-order valence-electron chi connectivity index (χ2n) is 3.51. The second-order valence-corrected chi connectivity index (χ2v) is 3.89. The van der Waals surface area contributed by atoms with Gasteiger partial charge in [0.25, 0.3) is 0 Å². The van der Waals surface area contributed by atoms with E-state index in [0.29, 0.717) is 0 Å². The Bertz CT molecular complexity index is 134. The summed E-state index contributed by atoms with van der Waals surface area (Å²) in [6, 6.07) is 0. The van der Waals surface area contributed by atoms with E-state index in [9.17, 15) is 0 Å². The third kappa shape index (κ3) is 4.47. The van der Waals surface area contributed by atoms with E-state index in [1.165, 1.54) is 31.3 Å². The van der Waals surface area contributed by atoms with Crippen LogP contribution in [-0.2, 0) is 0 Å². The summed E-state index contributed by atoms with van der Waals surface area (Å²) in [6.45, 7) is 2.22. The first-order valence-electron chi connectivity index (χ1n) is 4.54. The fourth-order valence-corrected chi connectivity index (χ4v) is 1.35. The number of hydrogen-bond acceptors (Lipinski definition) is 0. The van der Waals surface area contributed by atoms with E-state index in [2.05, 4.69) is 13.0 Å². The van der Waals surface area contributed by atoms with Gasteiger partial charge in [-0.05, 0) is 32.1 Å². The number of rotatable bonds is 5. The third-order valence-corrected chi connectivity index (χ3v) is 2.46. The average Bonchev–Trinajstić information content (AvgIpc) is 2.80. The lowest BCUT2D eigenvalue weighted by molar-refractivity contribution is 0.719. The first-order chi connectivity index (χ1) is 5.33. The summed E-state index contributed by atoms with van der Waals surface area (Å²) in [7, 11) is 0. The maximum absolute atomic E-state index is 5.58. The molecule has 0 spiro atoms. The summed E-state index contributed by atoms with van der Waals surface area (Å²) in [5.41, 5.74) is 1.53. The van der Waals surface area contributed by atoms with Crippen LogP contribution in [0, 0.1) is 5.92 Å².